The summed E-state index contributed by atoms with van der Waals surface area (Å²) in [6.07, 6.45) is 3.30. The number of fused-ring (bicyclic) bond motifs is 1. The summed E-state index contributed by atoms with van der Waals surface area (Å²) in [6.45, 7) is 8.81. The Morgan fingerprint density at radius 3 is 2.55 bits per heavy atom. The molecule has 42 heavy (non-hydrogen) atoms. The lowest BCUT2D eigenvalue weighted by Gasteiger charge is -2.19. The summed E-state index contributed by atoms with van der Waals surface area (Å²) in [5.41, 5.74) is 7.69. The van der Waals surface area contributed by atoms with Crippen molar-refractivity contribution in [1.82, 2.24) is 20.1 Å². The van der Waals surface area contributed by atoms with E-state index < -0.39 is 0 Å². The monoisotopic (exact) mass is 610 g/mol. The molecule has 0 aliphatic heterocycles. The molecular weight excluding hydrogens is 575 g/mol. The first kappa shape index (κ1) is 30.0. The van der Waals surface area contributed by atoms with Gasteiger partial charge in [0.25, 0.3) is 12.4 Å². The fraction of sp³-hybridized carbons (Fsp3) is 0.406. The summed E-state index contributed by atoms with van der Waals surface area (Å²) in [6, 6.07) is 7.47. The van der Waals surface area contributed by atoms with Gasteiger partial charge in [-0.25, -0.2) is 0 Å². The molecule has 1 saturated carbocycles. The number of rotatable bonds is 10. The van der Waals surface area contributed by atoms with Crippen LogP contribution in [0.3, 0.4) is 0 Å². The summed E-state index contributed by atoms with van der Waals surface area (Å²) in [7, 11) is 1.90. The number of H-pyrrole nitrogens is 1. The second-order valence-electron chi connectivity index (χ2n) is 11.1. The molecule has 0 bridgehead atoms. The van der Waals surface area contributed by atoms with Gasteiger partial charge < -0.3 is 19.8 Å². The largest absolute Gasteiger partial charge is 0.494 e. The van der Waals surface area contributed by atoms with Crippen molar-refractivity contribution in [2.75, 3.05) is 6.61 Å². The third-order valence-electron chi connectivity index (χ3n) is 8.27. The normalized spacial score (nSPS) is 16.6. The van der Waals surface area contributed by atoms with Crippen LogP contribution in [0.15, 0.2) is 24.3 Å². The predicted octanol–water partition coefficient (Wildman–Crippen LogP) is 6.94. The molecule has 1 aliphatic rings. The Labute approximate surface area is 255 Å². The molecule has 2 heterocycles. The summed E-state index contributed by atoms with van der Waals surface area (Å²) in [5.74, 6) is 0.532. The van der Waals surface area contributed by atoms with Crippen LogP contribution in [0.1, 0.15) is 64.2 Å². The van der Waals surface area contributed by atoms with E-state index in [9.17, 15) is 9.59 Å². The number of nitrogens with zero attached hydrogens (tertiary/aromatic N) is 2. The van der Waals surface area contributed by atoms with E-state index in [4.69, 9.17) is 32.7 Å². The first-order valence-electron chi connectivity index (χ1n) is 14.2. The number of aryl methyl sites for hydroxylation is 5. The van der Waals surface area contributed by atoms with Gasteiger partial charge in [-0.15, -0.1) is 0 Å². The topological polar surface area (TPSA) is 98.2 Å². The van der Waals surface area contributed by atoms with E-state index in [1.54, 1.807) is 0 Å². The predicted molar refractivity (Wildman–Crippen MR) is 166 cm³/mol. The molecule has 0 spiro atoms. The van der Waals surface area contributed by atoms with Crippen LogP contribution >= 0.6 is 23.2 Å². The lowest BCUT2D eigenvalue weighted by atomic mass is 9.98. The van der Waals surface area contributed by atoms with Gasteiger partial charge in [0.15, 0.2) is 0 Å². The number of nitrogens with one attached hydrogen (secondary N) is 2. The highest BCUT2D eigenvalue weighted by atomic mass is 35.5. The van der Waals surface area contributed by atoms with Crippen molar-refractivity contribution in [2.45, 2.75) is 71.9 Å². The maximum absolute atomic E-state index is 13.8. The number of carbonyl (C=O) groups is 2. The minimum atomic E-state index is -0.329. The van der Waals surface area contributed by atoms with Crippen molar-refractivity contribution in [3.8, 4) is 16.9 Å². The van der Waals surface area contributed by atoms with Gasteiger partial charge in [-0.1, -0.05) is 29.3 Å². The molecule has 0 unspecified atom stereocenters. The van der Waals surface area contributed by atoms with Gasteiger partial charge in [0.2, 0.25) is 0 Å². The first-order chi connectivity index (χ1) is 20.1. The number of amides is 1. The molecule has 0 saturated heterocycles. The van der Waals surface area contributed by atoms with Crippen molar-refractivity contribution in [1.29, 1.82) is 0 Å². The molecule has 1 fully saturated rings. The smallest absolute Gasteiger partial charge is 0.293 e. The highest BCUT2D eigenvalue weighted by Crippen LogP contribution is 2.40. The zero-order chi connectivity index (χ0) is 30.1. The van der Waals surface area contributed by atoms with Gasteiger partial charge in [0.05, 0.1) is 28.9 Å². The minimum absolute atomic E-state index is 0.237. The van der Waals surface area contributed by atoms with Gasteiger partial charge in [0.1, 0.15) is 17.5 Å². The molecule has 4 aromatic rings. The molecule has 1 amide bonds. The Morgan fingerprint density at radius 1 is 1.14 bits per heavy atom. The van der Waals surface area contributed by atoms with Crippen LogP contribution in [0.2, 0.25) is 10.0 Å². The standard InChI is InChI=1S/C32H36Cl2N4O4/c1-17-14-21(15-18(2)29(17)34)41-13-7-8-22-23-11-12-24(33)28(27-19(3)37-38(5)20(27)4)30(23)36-31(22)32(40)35-25-9-6-10-26(25)42-16-39/h11-12,14-16,25-26,36H,6-10,13H2,1-5H3,(H,35,40)/t25-,26+/m0/s1. The first-order valence-corrected chi connectivity index (χ1v) is 15.0. The SMILES string of the molecule is Cc1cc(OCCCc2c(C(=O)N[C@H]3CCC[C@H]3OC=O)[nH]c3c(-c4c(C)nn(C)c4C)c(Cl)ccc23)cc(C)c1Cl. The maximum Gasteiger partial charge on any atom is 0.293 e. The highest BCUT2D eigenvalue weighted by Gasteiger charge is 2.32. The van der Waals surface area contributed by atoms with Crippen molar-refractivity contribution in [3.05, 3.63) is 68.1 Å². The number of benzene rings is 2. The molecule has 222 valence electrons. The van der Waals surface area contributed by atoms with E-state index in [1.165, 1.54) is 0 Å². The zero-order valence-corrected chi connectivity index (χ0v) is 26.1. The van der Waals surface area contributed by atoms with Crippen LogP contribution in [-0.2, 0) is 23.0 Å². The van der Waals surface area contributed by atoms with E-state index in [0.29, 0.717) is 36.6 Å². The van der Waals surface area contributed by atoms with Crippen molar-refractivity contribution < 1.29 is 19.1 Å². The van der Waals surface area contributed by atoms with Gasteiger partial charge in [0, 0.05) is 34.3 Å². The van der Waals surface area contributed by atoms with Gasteiger partial charge >= 0.3 is 0 Å². The number of hydrogen-bond acceptors (Lipinski definition) is 5. The fourth-order valence-electron chi connectivity index (χ4n) is 6.12. The van der Waals surface area contributed by atoms with Crippen LogP contribution in [0.4, 0.5) is 0 Å². The van der Waals surface area contributed by atoms with E-state index in [1.807, 2.05) is 63.7 Å². The molecule has 5 rings (SSSR count). The molecule has 2 atom stereocenters. The Bertz CT molecular complexity index is 1640. The number of halogens is 2. The van der Waals surface area contributed by atoms with E-state index in [2.05, 4.69) is 15.4 Å². The molecule has 2 N–H and O–H groups in total. The average Bonchev–Trinajstić information content (AvgIpc) is 3.61. The third kappa shape index (κ3) is 5.75. The minimum Gasteiger partial charge on any atom is -0.494 e. The summed E-state index contributed by atoms with van der Waals surface area (Å²) in [5, 5.41) is 9.96. The number of aromatic nitrogens is 3. The van der Waals surface area contributed by atoms with Crippen LogP contribution in [0, 0.1) is 27.7 Å². The number of aromatic amines is 1. The van der Waals surface area contributed by atoms with Crippen LogP contribution in [0.5, 0.6) is 5.75 Å². The summed E-state index contributed by atoms with van der Waals surface area (Å²) >= 11 is 13.1. The molecule has 1 aliphatic carbocycles. The zero-order valence-electron chi connectivity index (χ0n) is 24.6. The molecule has 0 radical (unpaired) electrons. The average molecular weight is 612 g/mol. The van der Waals surface area contributed by atoms with Crippen molar-refractivity contribution >= 4 is 46.5 Å². The van der Waals surface area contributed by atoms with Crippen LogP contribution < -0.4 is 10.1 Å². The van der Waals surface area contributed by atoms with Gasteiger partial charge in [-0.2, -0.15) is 5.10 Å². The van der Waals surface area contributed by atoms with Crippen molar-refractivity contribution in [2.24, 2.45) is 7.05 Å². The Morgan fingerprint density at radius 2 is 1.88 bits per heavy atom. The number of hydrogen-bond donors (Lipinski definition) is 2. The summed E-state index contributed by atoms with van der Waals surface area (Å²) < 4.78 is 13.2. The third-order valence-corrected chi connectivity index (χ3v) is 9.18. The van der Waals surface area contributed by atoms with Crippen LogP contribution in [0.25, 0.3) is 22.0 Å². The quantitative estimate of drug-likeness (QED) is 0.150. The highest BCUT2D eigenvalue weighted by molar-refractivity contribution is 6.35. The van der Waals surface area contributed by atoms with Crippen LogP contribution in [-0.4, -0.2) is 45.9 Å². The lowest BCUT2D eigenvalue weighted by Crippen LogP contribution is -2.41. The molecular formula is C32H36Cl2N4O4. The van der Waals surface area contributed by atoms with E-state index in [-0.39, 0.29) is 18.1 Å². The molecule has 8 nitrogen and oxygen atoms in total. The van der Waals surface area contributed by atoms with Gasteiger partial charge in [-0.05, 0) is 94.7 Å². The van der Waals surface area contributed by atoms with Crippen molar-refractivity contribution in [3.63, 3.8) is 0 Å². The van der Waals surface area contributed by atoms with E-state index >= 15 is 0 Å². The van der Waals surface area contributed by atoms with Gasteiger partial charge in [-0.3, -0.25) is 14.3 Å². The Balaban J connectivity index is 1.50. The second-order valence-corrected chi connectivity index (χ2v) is 11.9. The van der Waals surface area contributed by atoms with E-state index in [0.717, 1.165) is 80.1 Å². The Kier molecular flexibility index (Phi) is 8.85. The molecule has 2 aromatic heterocycles. The lowest BCUT2D eigenvalue weighted by molar-refractivity contribution is -0.134. The molecule has 2 aromatic carbocycles. The maximum atomic E-state index is 13.8. The fourth-order valence-corrected chi connectivity index (χ4v) is 6.48. The number of carbonyl (C=O) groups excluding carboxylic acids is 2. The molecule has 10 heteroatoms. The summed E-state index contributed by atoms with van der Waals surface area (Å²) in [4.78, 5) is 28.2. The second kappa shape index (κ2) is 12.4. The Hall–Kier alpha value is -3.49. The number of ether oxygens (including phenoxy) is 2.